The van der Waals surface area contributed by atoms with Gasteiger partial charge in [-0.15, -0.1) is 11.3 Å². The van der Waals surface area contributed by atoms with Crippen LogP contribution in [0.3, 0.4) is 0 Å². The van der Waals surface area contributed by atoms with Crippen molar-refractivity contribution in [3.63, 3.8) is 0 Å². The summed E-state index contributed by atoms with van der Waals surface area (Å²) in [5.74, 6) is 0. The Morgan fingerprint density at radius 1 is 1.18 bits per heavy atom. The molecule has 3 aromatic rings. The molecule has 1 atom stereocenters. The summed E-state index contributed by atoms with van der Waals surface area (Å²) in [6.45, 7) is 2.99. The van der Waals surface area contributed by atoms with E-state index in [1.165, 1.54) is 5.56 Å². The summed E-state index contributed by atoms with van der Waals surface area (Å²) in [5.41, 5.74) is 3.22. The van der Waals surface area contributed by atoms with Crippen molar-refractivity contribution in [2.24, 2.45) is 0 Å². The van der Waals surface area contributed by atoms with Crippen LogP contribution in [0.5, 0.6) is 0 Å². The fourth-order valence-corrected chi connectivity index (χ4v) is 3.04. The highest BCUT2D eigenvalue weighted by Crippen LogP contribution is 2.24. The Bertz CT molecular complexity index is 712. The zero-order chi connectivity index (χ0) is 15.4. The molecule has 22 heavy (non-hydrogen) atoms. The van der Waals surface area contributed by atoms with Crippen molar-refractivity contribution in [3.8, 4) is 10.7 Å². The van der Waals surface area contributed by atoms with Gasteiger partial charge in [-0.05, 0) is 37.7 Å². The lowest BCUT2D eigenvalue weighted by molar-refractivity contribution is 0.250. The van der Waals surface area contributed by atoms with Gasteiger partial charge in [0.25, 0.3) is 0 Å². The summed E-state index contributed by atoms with van der Waals surface area (Å²) >= 11 is 1.64. The van der Waals surface area contributed by atoms with Crippen LogP contribution < -0.4 is 0 Å². The van der Waals surface area contributed by atoms with Gasteiger partial charge in [-0.2, -0.15) is 0 Å². The molecule has 3 heterocycles. The zero-order valence-electron chi connectivity index (χ0n) is 12.7. The maximum Gasteiger partial charge on any atom is 0.142 e. The van der Waals surface area contributed by atoms with E-state index in [0.29, 0.717) is 6.04 Å². The Kier molecular flexibility index (Phi) is 4.56. The first kappa shape index (κ1) is 14.8. The Morgan fingerprint density at radius 3 is 2.82 bits per heavy atom. The molecule has 0 aromatic carbocycles. The van der Waals surface area contributed by atoms with Crippen LogP contribution >= 0.6 is 11.3 Å². The quantitative estimate of drug-likeness (QED) is 0.719. The molecule has 0 radical (unpaired) electrons. The molecule has 0 aliphatic heterocycles. The lowest BCUT2D eigenvalue weighted by Crippen LogP contribution is -2.22. The van der Waals surface area contributed by atoms with Crippen LogP contribution in [0.1, 0.15) is 24.2 Å². The second kappa shape index (κ2) is 6.77. The highest BCUT2D eigenvalue weighted by Gasteiger charge is 2.14. The molecule has 0 aliphatic carbocycles. The second-order valence-corrected chi connectivity index (χ2v) is 6.09. The van der Waals surface area contributed by atoms with Crippen LogP contribution in [0.25, 0.3) is 10.7 Å². The van der Waals surface area contributed by atoms with Crippen molar-refractivity contribution in [3.05, 3.63) is 65.6 Å². The summed E-state index contributed by atoms with van der Waals surface area (Å²) in [4.78, 5) is 15.5. The standard InChI is InChI=1S/C17H18N4S/c1-13(14-6-5-8-18-10-14)21(2)11-15-12-22-17(20-15)16-7-3-4-9-19-16/h3-10,12-13H,11H2,1-2H3/t13-/m0/s1. The van der Waals surface area contributed by atoms with Gasteiger partial charge in [0, 0.05) is 36.6 Å². The Balaban J connectivity index is 1.70. The molecule has 0 spiro atoms. The van der Waals surface area contributed by atoms with Crippen LogP contribution in [0.2, 0.25) is 0 Å². The van der Waals surface area contributed by atoms with Crippen molar-refractivity contribution >= 4 is 11.3 Å². The minimum Gasteiger partial charge on any atom is -0.294 e. The third-order valence-corrected chi connectivity index (χ3v) is 4.59. The fraction of sp³-hybridized carbons (Fsp3) is 0.235. The van der Waals surface area contributed by atoms with Gasteiger partial charge in [0.15, 0.2) is 0 Å². The van der Waals surface area contributed by atoms with E-state index in [0.717, 1.165) is 22.9 Å². The molecule has 4 nitrogen and oxygen atoms in total. The molecule has 0 unspecified atom stereocenters. The van der Waals surface area contributed by atoms with Gasteiger partial charge >= 0.3 is 0 Å². The first-order chi connectivity index (χ1) is 10.7. The Labute approximate surface area is 134 Å². The molecule has 0 bridgehead atoms. The van der Waals surface area contributed by atoms with Gasteiger partial charge < -0.3 is 0 Å². The fourth-order valence-electron chi connectivity index (χ4n) is 2.26. The van der Waals surface area contributed by atoms with Gasteiger partial charge in [-0.1, -0.05) is 12.1 Å². The number of rotatable bonds is 5. The molecule has 0 amide bonds. The molecule has 5 heteroatoms. The van der Waals surface area contributed by atoms with Crippen LogP contribution in [-0.4, -0.2) is 26.9 Å². The molecule has 0 saturated carbocycles. The Hall–Kier alpha value is -2.11. The molecular weight excluding hydrogens is 292 g/mol. The summed E-state index contributed by atoms with van der Waals surface area (Å²) in [5, 5.41) is 3.08. The SMILES string of the molecule is C[C@@H](c1cccnc1)N(C)Cc1csc(-c2ccccn2)n1. The van der Waals surface area contributed by atoms with Crippen molar-refractivity contribution in [2.75, 3.05) is 7.05 Å². The highest BCUT2D eigenvalue weighted by molar-refractivity contribution is 7.13. The van der Waals surface area contributed by atoms with Crippen molar-refractivity contribution in [1.29, 1.82) is 0 Å². The average molecular weight is 310 g/mol. The maximum absolute atomic E-state index is 4.70. The average Bonchev–Trinajstić information content (AvgIpc) is 3.04. The van der Waals surface area contributed by atoms with E-state index >= 15 is 0 Å². The largest absolute Gasteiger partial charge is 0.294 e. The van der Waals surface area contributed by atoms with E-state index in [-0.39, 0.29) is 0 Å². The lowest BCUT2D eigenvalue weighted by atomic mass is 10.1. The maximum atomic E-state index is 4.70. The van der Waals surface area contributed by atoms with Crippen LogP contribution in [0.15, 0.2) is 54.3 Å². The first-order valence-electron chi connectivity index (χ1n) is 7.20. The molecule has 112 valence electrons. The zero-order valence-corrected chi connectivity index (χ0v) is 13.5. The second-order valence-electron chi connectivity index (χ2n) is 5.24. The normalized spacial score (nSPS) is 12.5. The number of hydrogen-bond acceptors (Lipinski definition) is 5. The molecule has 3 rings (SSSR count). The van der Waals surface area contributed by atoms with Gasteiger partial charge in [-0.3, -0.25) is 14.9 Å². The minimum atomic E-state index is 0.300. The molecule has 0 N–H and O–H groups in total. The molecule has 0 saturated heterocycles. The predicted molar refractivity (Wildman–Crippen MR) is 89.5 cm³/mol. The van der Waals surface area contributed by atoms with E-state index in [2.05, 4.69) is 40.3 Å². The van der Waals surface area contributed by atoms with Gasteiger partial charge in [-0.25, -0.2) is 4.98 Å². The minimum absolute atomic E-state index is 0.300. The third kappa shape index (κ3) is 3.37. The van der Waals surface area contributed by atoms with Crippen molar-refractivity contribution in [2.45, 2.75) is 19.5 Å². The Morgan fingerprint density at radius 2 is 2.09 bits per heavy atom. The molecule has 0 fully saturated rings. The number of aromatic nitrogens is 3. The van der Waals surface area contributed by atoms with Gasteiger partial charge in [0.1, 0.15) is 5.01 Å². The smallest absolute Gasteiger partial charge is 0.142 e. The monoisotopic (exact) mass is 310 g/mol. The van der Waals surface area contributed by atoms with E-state index in [1.54, 1.807) is 23.7 Å². The number of nitrogens with zero attached hydrogens (tertiary/aromatic N) is 4. The van der Waals surface area contributed by atoms with Crippen molar-refractivity contribution in [1.82, 2.24) is 19.9 Å². The summed E-state index contributed by atoms with van der Waals surface area (Å²) < 4.78 is 0. The summed E-state index contributed by atoms with van der Waals surface area (Å²) in [7, 11) is 2.11. The number of thiazole rings is 1. The highest BCUT2D eigenvalue weighted by atomic mass is 32.1. The van der Waals surface area contributed by atoms with Crippen LogP contribution in [0.4, 0.5) is 0 Å². The molecule has 0 aliphatic rings. The number of pyridine rings is 2. The number of hydrogen-bond donors (Lipinski definition) is 0. The van der Waals surface area contributed by atoms with Gasteiger partial charge in [0.2, 0.25) is 0 Å². The van der Waals surface area contributed by atoms with E-state index in [1.807, 2.05) is 30.5 Å². The van der Waals surface area contributed by atoms with E-state index < -0.39 is 0 Å². The summed E-state index contributed by atoms with van der Waals surface area (Å²) in [6, 6.07) is 10.3. The molecular formula is C17H18N4S. The molecule has 3 aromatic heterocycles. The predicted octanol–water partition coefficient (Wildman–Crippen LogP) is 3.79. The van der Waals surface area contributed by atoms with E-state index in [9.17, 15) is 0 Å². The van der Waals surface area contributed by atoms with E-state index in [4.69, 9.17) is 4.98 Å². The summed E-state index contributed by atoms with van der Waals surface area (Å²) in [6.07, 6.45) is 5.52. The van der Waals surface area contributed by atoms with Crippen LogP contribution in [0, 0.1) is 0 Å². The van der Waals surface area contributed by atoms with Crippen molar-refractivity contribution < 1.29 is 0 Å². The lowest BCUT2D eigenvalue weighted by Gasteiger charge is -2.23. The first-order valence-corrected chi connectivity index (χ1v) is 8.08. The third-order valence-electron chi connectivity index (χ3n) is 3.68. The topological polar surface area (TPSA) is 41.9 Å². The van der Waals surface area contributed by atoms with Crippen LogP contribution in [-0.2, 0) is 6.54 Å². The van der Waals surface area contributed by atoms with Gasteiger partial charge in [0.05, 0.1) is 11.4 Å².